The normalized spacial score (nSPS) is 17.4. The van der Waals surface area contributed by atoms with Crippen LogP contribution < -0.4 is 9.62 Å². The van der Waals surface area contributed by atoms with E-state index in [0.717, 1.165) is 43.0 Å². The molecule has 0 aromatic heterocycles. The number of aryl methyl sites for hydroxylation is 3. The zero-order valence-electron chi connectivity index (χ0n) is 14.8. The number of hydrogen-bond donors (Lipinski definition) is 2. The third-order valence-corrected chi connectivity index (χ3v) is 6.34. The predicted octanol–water partition coefficient (Wildman–Crippen LogP) is 0.584. The first kappa shape index (κ1) is 18.4. The van der Waals surface area contributed by atoms with Gasteiger partial charge in [0.05, 0.1) is 24.7 Å². The average molecular weight is 341 g/mol. The third-order valence-electron chi connectivity index (χ3n) is 4.63. The fraction of sp³-hybridized carbons (Fsp3) is 0.647. The summed E-state index contributed by atoms with van der Waals surface area (Å²) >= 11 is 0. The molecule has 1 fully saturated rings. The zero-order chi connectivity index (χ0) is 17.3. The minimum Gasteiger partial charge on any atom is -0.370 e. The highest BCUT2D eigenvalue weighted by atomic mass is 32.2. The Kier molecular flexibility index (Phi) is 5.51. The fourth-order valence-corrected chi connectivity index (χ4v) is 5.02. The van der Waals surface area contributed by atoms with Crippen LogP contribution in [0.3, 0.4) is 0 Å². The number of morpholine rings is 1. The Hall–Kier alpha value is -0.950. The van der Waals surface area contributed by atoms with Crippen molar-refractivity contribution in [3.05, 3.63) is 28.8 Å². The standard InChI is InChI=1S/C17H28N2O3S/c1-13-10-14(2)16(15(3)11-13)23(20,21)18-12-17(4,5)19-6-8-22-9-7-19/h10-11,18H,6-9,12H2,1-5H3/p+1. The lowest BCUT2D eigenvalue weighted by Crippen LogP contribution is -3.22. The van der Waals surface area contributed by atoms with Gasteiger partial charge in [0.15, 0.2) is 0 Å². The highest BCUT2D eigenvalue weighted by Crippen LogP contribution is 2.21. The Balaban J connectivity index is 2.15. The lowest BCUT2D eigenvalue weighted by molar-refractivity contribution is -0.954. The van der Waals surface area contributed by atoms with E-state index < -0.39 is 10.0 Å². The number of ether oxygens (including phenoxy) is 1. The quantitative estimate of drug-likeness (QED) is 0.824. The van der Waals surface area contributed by atoms with E-state index in [0.29, 0.717) is 11.4 Å². The summed E-state index contributed by atoms with van der Waals surface area (Å²) in [6, 6.07) is 3.83. The van der Waals surface area contributed by atoms with Gasteiger partial charge in [-0.1, -0.05) is 17.7 Å². The van der Waals surface area contributed by atoms with Crippen LogP contribution in [0.1, 0.15) is 30.5 Å². The number of sulfonamides is 1. The molecule has 0 unspecified atom stereocenters. The second-order valence-corrected chi connectivity index (χ2v) is 8.86. The molecule has 1 aromatic rings. The highest BCUT2D eigenvalue weighted by Gasteiger charge is 2.34. The first-order valence-electron chi connectivity index (χ1n) is 8.14. The lowest BCUT2D eigenvalue weighted by atomic mass is 10.0. The van der Waals surface area contributed by atoms with Crippen molar-refractivity contribution in [1.82, 2.24) is 4.72 Å². The van der Waals surface area contributed by atoms with Crippen molar-refractivity contribution in [2.75, 3.05) is 32.8 Å². The molecule has 2 N–H and O–H groups in total. The summed E-state index contributed by atoms with van der Waals surface area (Å²) in [6.07, 6.45) is 0. The van der Waals surface area contributed by atoms with Crippen molar-refractivity contribution < 1.29 is 18.1 Å². The Labute approximate surface area is 140 Å². The largest absolute Gasteiger partial charge is 0.370 e. The molecule has 2 rings (SSSR count). The molecule has 0 amide bonds. The summed E-state index contributed by atoms with van der Waals surface area (Å²) in [4.78, 5) is 1.79. The van der Waals surface area contributed by atoms with Crippen LogP contribution >= 0.6 is 0 Å². The van der Waals surface area contributed by atoms with Gasteiger partial charge in [-0.25, -0.2) is 13.1 Å². The zero-order valence-corrected chi connectivity index (χ0v) is 15.6. The Bertz CT molecular complexity index is 639. The second-order valence-electron chi connectivity index (χ2n) is 7.15. The van der Waals surface area contributed by atoms with E-state index in [4.69, 9.17) is 4.74 Å². The first-order chi connectivity index (χ1) is 10.6. The molecule has 6 heteroatoms. The van der Waals surface area contributed by atoms with Gasteiger partial charge < -0.3 is 9.64 Å². The molecule has 130 valence electrons. The van der Waals surface area contributed by atoms with Crippen LogP contribution in [0.4, 0.5) is 0 Å². The Morgan fingerprint density at radius 1 is 1.13 bits per heavy atom. The smallest absolute Gasteiger partial charge is 0.241 e. The molecular formula is C17H29N2O3S+. The summed E-state index contributed by atoms with van der Waals surface area (Å²) in [5.74, 6) is 0. The number of hydrogen-bond acceptors (Lipinski definition) is 3. The number of rotatable bonds is 5. The van der Waals surface area contributed by atoms with Gasteiger partial charge in [-0.05, 0) is 45.7 Å². The van der Waals surface area contributed by atoms with E-state index in [1.807, 2.05) is 32.9 Å². The summed E-state index contributed by atoms with van der Waals surface area (Å²) in [6.45, 7) is 13.6. The van der Waals surface area contributed by atoms with E-state index in [9.17, 15) is 8.42 Å². The predicted molar refractivity (Wildman–Crippen MR) is 91.4 cm³/mol. The summed E-state index contributed by atoms with van der Waals surface area (Å²) in [7, 11) is -3.50. The molecule has 0 aliphatic carbocycles. The monoisotopic (exact) mass is 341 g/mol. The molecule has 0 saturated carbocycles. The van der Waals surface area contributed by atoms with Crippen molar-refractivity contribution in [3.8, 4) is 0 Å². The van der Waals surface area contributed by atoms with Crippen LogP contribution in [0, 0.1) is 20.8 Å². The van der Waals surface area contributed by atoms with E-state index in [-0.39, 0.29) is 5.54 Å². The fourth-order valence-electron chi connectivity index (χ4n) is 3.36. The first-order valence-corrected chi connectivity index (χ1v) is 9.62. The Morgan fingerprint density at radius 3 is 2.17 bits per heavy atom. The van der Waals surface area contributed by atoms with Crippen molar-refractivity contribution in [2.24, 2.45) is 0 Å². The van der Waals surface area contributed by atoms with Crippen LogP contribution in [0.2, 0.25) is 0 Å². The molecule has 0 radical (unpaired) electrons. The average Bonchev–Trinajstić information content (AvgIpc) is 2.45. The SMILES string of the molecule is Cc1cc(C)c(S(=O)(=O)NCC(C)(C)[NH+]2CCOCC2)c(C)c1. The number of benzene rings is 1. The van der Waals surface area contributed by atoms with Crippen molar-refractivity contribution in [2.45, 2.75) is 45.1 Å². The van der Waals surface area contributed by atoms with Crippen LogP contribution in [0.15, 0.2) is 17.0 Å². The Morgan fingerprint density at radius 2 is 1.65 bits per heavy atom. The molecule has 1 aromatic carbocycles. The summed E-state index contributed by atoms with van der Waals surface area (Å²) in [5, 5.41) is 0. The molecule has 1 heterocycles. The van der Waals surface area contributed by atoms with Gasteiger partial charge in [0.25, 0.3) is 0 Å². The van der Waals surface area contributed by atoms with E-state index in [1.165, 1.54) is 4.90 Å². The van der Waals surface area contributed by atoms with Gasteiger partial charge in [-0.3, -0.25) is 0 Å². The molecule has 1 aliphatic heterocycles. The van der Waals surface area contributed by atoms with Crippen LogP contribution in [0.5, 0.6) is 0 Å². The molecular weight excluding hydrogens is 312 g/mol. The number of quaternary nitrogens is 1. The molecule has 5 nitrogen and oxygen atoms in total. The lowest BCUT2D eigenvalue weighted by Gasteiger charge is -2.37. The molecule has 23 heavy (non-hydrogen) atoms. The molecule has 0 bridgehead atoms. The van der Waals surface area contributed by atoms with E-state index in [1.54, 1.807) is 0 Å². The summed E-state index contributed by atoms with van der Waals surface area (Å²) < 4.78 is 33.8. The third kappa shape index (κ3) is 4.32. The second kappa shape index (κ2) is 6.89. The maximum atomic E-state index is 12.8. The maximum absolute atomic E-state index is 12.8. The van der Waals surface area contributed by atoms with Crippen molar-refractivity contribution in [3.63, 3.8) is 0 Å². The molecule has 1 aliphatic rings. The molecule has 1 saturated heterocycles. The minimum atomic E-state index is -3.50. The van der Waals surface area contributed by atoms with Gasteiger partial charge in [0.1, 0.15) is 18.6 Å². The van der Waals surface area contributed by atoms with Crippen LogP contribution in [0.25, 0.3) is 0 Å². The van der Waals surface area contributed by atoms with Crippen LogP contribution in [-0.2, 0) is 14.8 Å². The van der Waals surface area contributed by atoms with Gasteiger partial charge in [-0.15, -0.1) is 0 Å². The minimum absolute atomic E-state index is 0.163. The van der Waals surface area contributed by atoms with Gasteiger partial charge in [-0.2, -0.15) is 0 Å². The molecule has 0 spiro atoms. The van der Waals surface area contributed by atoms with E-state index >= 15 is 0 Å². The highest BCUT2D eigenvalue weighted by molar-refractivity contribution is 7.89. The van der Waals surface area contributed by atoms with E-state index in [2.05, 4.69) is 18.6 Å². The van der Waals surface area contributed by atoms with Gasteiger partial charge in [0, 0.05) is 0 Å². The van der Waals surface area contributed by atoms with Crippen molar-refractivity contribution in [1.29, 1.82) is 0 Å². The van der Waals surface area contributed by atoms with Gasteiger partial charge >= 0.3 is 0 Å². The van der Waals surface area contributed by atoms with Crippen LogP contribution in [-0.4, -0.2) is 46.8 Å². The summed E-state index contributed by atoms with van der Waals surface area (Å²) in [5.41, 5.74) is 2.51. The molecule has 0 atom stereocenters. The van der Waals surface area contributed by atoms with Crippen molar-refractivity contribution >= 4 is 10.0 Å². The number of nitrogens with one attached hydrogen (secondary N) is 2. The van der Waals surface area contributed by atoms with Gasteiger partial charge in [0.2, 0.25) is 10.0 Å². The maximum Gasteiger partial charge on any atom is 0.241 e. The topological polar surface area (TPSA) is 59.8 Å².